The summed E-state index contributed by atoms with van der Waals surface area (Å²) < 4.78 is 1.06. The van der Waals surface area contributed by atoms with Gasteiger partial charge < -0.3 is 5.11 Å². The number of hydrogen-bond donors (Lipinski definition) is 1. The topological polar surface area (TPSA) is 20.2 Å². The van der Waals surface area contributed by atoms with Crippen LogP contribution in [0.2, 0.25) is 0 Å². The highest BCUT2D eigenvalue weighted by Gasteiger charge is 2.17. The molecule has 0 radical (unpaired) electrons. The maximum Gasteiger partial charge on any atom is 0.0646 e. The number of hydrogen-bond acceptors (Lipinski definition) is 1. The average molecular weight is 305 g/mol. The third-order valence-electron chi connectivity index (χ3n) is 3.29. The molecule has 0 aliphatic carbocycles. The first-order valence-electron chi connectivity index (χ1n) is 6.15. The largest absolute Gasteiger partial charge is 0.392 e. The summed E-state index contributed by atoms with van der Waals surface area (Å²) in [6.45, 7) is 2.07. The summed E-state index contributed by atoms with van der Waals surface area (Å²) in [6.07, 6.45) is 0.295. The third-order valence-corrected chi connectivity index (χ3v) is 4.06. The Morgan fingerprint density at radius 2 is 1.61 bits per heavy atom. The maximum atomic E-state index is 10.3. The van der Waals surface area contributed by atoms with Crippen molar-refractivity contribution in [3.63, 3.8) is 0 Å². The Morgan fingerprint density at radius 1 is 1.00 bits per heavy atom. The van der Waals surface area contributed by atoms with Gasteiger partial charge in [-0.2, -0.15) is 0 Å². The molecular weight excluding hydrogens is 288 g/mol. The lowest BCUT2D eigenvalue weighted by Crippen LogP contribution is -2.18. The third kappa shape index (κ3) is 3.21. The molecular formula is C16H17BrO. The average Bonchev–Trinajstić information content (AvgIpc) is 2.41. The van der Waals surface area contributed by atoms with Gasteiger partial charge in [-0.1, -0.05) is 71.4 Å². The van der Waals surface area contributed by atoms with Crippen molar-refractivity contribution in [1.82, 2.24) is 0 Å². The fourth-order valence-electron chi connectivity index (χ4n) is 2.04. The molecule has 2 heteroatoms. The SMILES string of the molecule is CC(c1ccccc1)C(O)Cc1ccccc1Br. The van der Waals surface area contributed by atoms with E-state index >= 15 is 0 Å². The molecule has 0 heterocycles. The van der Waals surface area contributed by atoms with Gasteiger partial charge in [0.05, 0.1) is 6.10 Å². The number of aliphatic hydroxyl groups excluding tert-OH is 1. The van der Waals surface area contributed by atoms with Gasteiger partial charge in [0.25, 0.3) is 0 Å². The monoisotopic (exact) mass is 304 g/mol. The zero-order valence-electron chi connectivity index (χ0n) is 10.4. The molecule has 0 bridgehead atoms. The summed E-state index contributed by atoms with van der Waals surface area (Å²) in [5, 5.41) is 10.3. The maximum absolute atomic E-state index is 10.3. The Bertz CT molecular complexity index is 495. The molecule has 94 valence electrons. The Balaban J connectivity index is 2.09. The van der Waals surface area contributed by atoms with Gasteiger partial charge in [0.1, 0.15) is 0 Å². The van der Waals surface area contributed by atoms with Crippen LogP contribution < -0.4 is 0 Å². The predicted octanol–water partition coefficient (Wildman–Crippen LogP) is 4.16. The molecule has 0 amide bonds. The first kappa shape index (κ1) is 13.3. The zero-order chi connectivity index (χ0) is 13.0. The van der Waals surface area contributed by atoms with E-state index in [0.29, 0.717) is 6.42 Å². The van der Waals surface area contributed by atoms with Crippen molar-refractivity contribution < 1.29 is 5.11 Å². The highest BCUT2D eigenvalue weighted by molar-refractivity contribution is 9.10. The molecule has 0 fully saturated rings. The zero-order valence-corrected chi connectivity index (χ0v) is 12.0. The molecule has 18 heavy (non-hydrogen) atoms. The molecule has 2 rings (SSSR count). The lowest BCUT2D eigenvalue weighted by molar-refractivity contribution is 0.149. The van der Waals surface area contributed by atoms with Crippen molar-refractivity contribution in [2.75, 3.05) is 0 Å². The molecule has 1 nitrogen and oxygen atoms in total. The second kappa shape index (κ2) is 6.17. The van der Waals surface area contributed by atoms with E-state index in [4.69, 9.17) is 0 Å². The van der Waals surface area contributed by atoms with E-state index in [2.05, 4.69) is 35.0 Å². The minimum atomic E-state index is -0.369. The number of aliphatic hydroxyl groups is 1. The van der Waals surface area contributed by atoms with Gasteiger partial charge in [-0.15, -0.1) is 0 Å². The molecule has 0 saturated heterocycles. The van der Waals surface area contributed by atoms with E-state index in [-0.39, 0.29) is 12.0 Å². The van der Waals surface area contributed by atoms with Crippen LogP contribution >= 0.6 is 15.9 Å². The fraction of sp³-hybridized carbons (Fsp3) is 0.250. The Hall–Kier alpha value is -1.12. The Morgan fingerprint density at radius 3 is 2.28 bits per heavy atom. The van der Waals surface area contributed by atoms with Crippen LogP contribution in [-0.4, -0.2) is 11.2 Å². The molecule has 0 aromatic heterocycles. The minimum Gasteiger partial charge on any atom is -0.392 e. The summed E-state index contributed by atoms with van der Waals surface area (Å²) in [5.41, 5.74) is 2.32. The standard InChI is InChI=1S/C16H17BrO/c1-12(13-7-3-2-4-8-13)16(18)11-14-9-5-6-10-15(14)17/h2-10,12,16,18H,11H2,1H3. The highest BCUT2D eigenvalue weighted by atomic mass is 79.9. The van der Waals surface area contributed by atoms with Gasteiger partial charge in [0.2, 0.25) is 0 Å². The van der Waals surface area contributed by atoms with Crippen LogP contribution in [0.25, 0.3) is 0 Å². The molecule has 1 N–H and O–H groups in total. The van der Waals surface area contributed by atoms with Crippen LogP contribution in [0.4, 0.5) is 0 Å². The summed E-state index contributed by atoms with van der Waals surface area (Å²) in [4.78, 5) is 0. The van der Waals surface area contributed by atoms with Crippen LogP contribution in [0.3, 0.4) is 0 Å². The van der Waals surface area contributed by atoms with E-state index in [9.17, 15) is 5.11 Å². The second-order valence-corrected chi connectivity index (χ2v) is 5.42. The molecule has 2 unspecified atom stereocenters. The summed E-state index contributed by atoms with van der Waals surface area (Å²) in [7, 11) is 0. The second-order valence-electron chi connectivity index (χ2n) is 4.56. The van der Waals surface area contributed by atoms with Crippen LogP contribution in [0.15, 0.2) is 59.1 Å². The highest BCUT2D eigenvalue weighted by Crippen LogP contribution is 2.24. The fourth-order valence-corrected chi connectivity index (χ4v) is 2.49. The lowest BCUT2D eigenvalue weighted by atomic mass is 9.91. The minimum absolute atomic E-state index is 0.137. The molecule has 2 atom stereocenters. The van der Waals surface area contributed by atoms with E-state index in [1.165, 1.54) is 5.56 Å². The molecule has 2 aromatic rings. The smallest absolute Gasteiger partial charge is 0.0646 e. The van der Waals surface area contributed by atoms with Crippen molar-refractivity contribution in [3.05, 3.63) is 70.2 Å². The van der Waals surface area contributed by atoms with E-state index in [1.54, 1.807) is 0 Å². The van der Waals surface area contributed by atoms with Gasteiger partial charge >= 0.3 is 0 Å². The number of rotatable bonds is 4. The Kier molecular flexibility index (Phi) is 4.56. The van der Waals surface area contributed by atoms with Crippen LogP contribution in [0, 0.1) is 0 Å². The van der Waals surface area contributed by atoms with Crippen molar-refractivity contribution in [2.45, 2.75) is 25.4 Å². The summed E-state index contributed by atoms with van der Waals surface area (Å²) in [5.74, 6) is 0.137. The van der Waals surface area contributed by atoms with Crippen molar-refractivity contribution >= 4 is 15.9 Å². The van der Waals surface area contributed by atoms with Crippen molar-refractivity contribution in [1.29, 1.82) is 0 Å². The van der Waals surface area contributed by atoms with Gasteiger partial charge in [-0.25, -0.2) is 0 Å². The van der Waals surface area contributed by atoms with Gasteiger partial charge in [0.15, 0.2) is 0 Å². The van der Waals surface area contributed by atoms with Crippen LogP contribution in [0.1, 0.15) is 24.0 Å². The molecule has 0 aliphatic rings. The van der Waals surface area contributed by atoms with E-state index < -0.39 is 0 Å². The first-order valence-corrected chi connectivity index (χ1v) is 6.94. The summed E-state index contributed by atoms with van der Waals surface area (Å²) in [6, 6.07) is 18.2. The van der Waals surface area contributed by atoms with E-state index in [0.717, 1.165) is 10.0 Å². The number of halogens is 1. The first-order chi connectivity index (χ1) is 8.68. The molecule has 0 saturated carbocycles. The van der Waals surface area contributed by atoms with Crippen LogP contribution in [0.5, 0.6) is 0 Å². The Labute approximate surface area is 117 Å². The van der Waals surface area contributed by atoms with Gasteiger partial charge in [-0.3, -0.25) is 0 Å². The van der Waals surface area contributed by atoms with Gasteiger partial charge in [0, 0.05) is 16.8 Å². The summed E-state index contributed by atoms with van der Waals surface area (Å²) >= 11 is 3.52. The quantitative estimate of drug-likeness (QED) is 0.899. The van der Waals surface area contributed by atoms with Crippen molar-refractivity contribution in [2.24, 2.45) is 0 Å². The van der Waals surface area contributed by atoms with E-state index in [1.807, 2.05) is 42.5 Å². The lowest BCUT2D eigenvalue weighted by Gasteiger charge is -2.19. The molecule has 0 aliphatic heterocycles. The number of benzene rings is 2. The van der Waals surface area contributed by atoms with Crippen LogP contribution in [-0.2, 0) is 6.42 Å². The predicted molar refractivity (Wildman–Crippen MR) is 78.7 cm³/mol. The molecule has 2 aromatic carbocycles. The normalized spacial score (nSPS) is 14.2. The molecule has 0 spiro atoms. The van der Waals surface area contributed by atoms with Crippen molar-refractivity contribution in [3.8, 4) is 0 Å². The van der Waals surface area contributed by atoms with Gasteiger partial charge in [-0.05, 0) is 17.2 Å².